The van der Waals surface area contributed by atoms with Gasteiger partial charge in [-0.2, -0.15) is 0 Å². The minimum Gasteiger partial charge on any atom is -0.398 e. The lowest BCUT2D eigenvalue weighted by Crippen LogP contribution is -2.47. The molecule has 0 fully saturated rings. The van der Waals surface area contributed by atoms with Gasteiger partial charge in [-0.25, -0.2) is 0 Å². The summed E-state index contributed by atoms with van der Waals surface area (Å²) in [6.07, 6.45) is 1.90. The molecule has 4 heteroatoms. The van der Waals surface area contributed by atoms with E-state index in [-0.39, 0.29) is 11.9 Å². The van der Waals surface area contributed by atoms with Crippen LogP contribution in [0.2, 0.25) is 0 Å². The number of nitrogens with zero attached hydrogens (tertiary/aromatic N) is 2. The molecule has 3 rings (SSSR count). The number of rotatable bonds is 4. The van der Waals surface area contributed by atoms with E-state index in [2.05, 4.69) is 17.0 Å². The molecule has 2 N–H and O–H groups in total. The summed E-state index contributed by atoms with van der Waals surface area (Å²) in [5, 5.41) is 0. The van der Waals surface area contributed by atoms with Crippen LogP contribution >= 0.6 is 0 Å². The molecule has 1 amide bonds. The predicted octanol–water partition coefficient (Wildman–Crippen LogP) is 3.07. The summed E-state index contributed by atoms with van der Waals surface area (Å²) in [6, 6.07) is 15.9. The van der Waals surface area contributed by atoms with Gasteiger partial charge in [0.15, 0.2) is 0 Å². The van der Waals surface area contributed by atoms with Gasteiger partial charge in [0, 0.05) is 24.5 Å². The van der Waals surface area contributed by atoms with Crippen molar-refractivity contribution >= 4 is 17.3 Å². The molecule has 0 saturated heterocycles. The fraction of sp³-hybridized carbons (Fsp3) is 0.350. The number of fused-ring (bicyclic) bond motifs is 1. The number of likely N-dealkylation sites (N-methyl/N-ethyl adjacent to an activating group) is 1. The van der Waals surface area contributed by atoms with Gasteiger partial charge < -0.3 is 10.6 Å². The van der Waals surface area contributed by atoms with Crippen LogP contribution in [-0.2, 0) is 17.8 Å². The third kappa shape index (κ3) is 3.29. The van der Waals surface area contributed by atoms with Crippen molar-refractivity contribution in [3.05, 3.63) is 59.7 Å². The first-order chi connectivity index (χ1) is 11.6. The number of benzene rings is 2. The normalized spacial score (nSPS) is 15.2. The molecule has 126 valence electrons. The number of nitrogen functional groups attached to an aromatic ring is 1. The summed E-state index contributed by atoms with van der Waals surface area (Å²) in [5.74, 6) is 0.139. The molecular weight excluding hydrogens is 298 g/mol. The number of hydrogen-bond donors (Lipinski definition) is 1. The van der Waals surface area contributed by atoms with Crippen molar-refractivity contribution in [3.63, 3.8) is 0 Å². The Morgan fingerprint density at radius 1 is 1.21 bits per heavy atom. The molecule has 1 unspecified atom stereocenters. The average molecular weight is 323 g/mol. The molecule has 4 nitrogen and oxygen atoms in total. The highest BCUT2D eigenvalue weighted by atomic mass is 16.2. The molecule has 0 aliphatic carbocycles. The van der Waals surface area contributed by atoms with Crippen molar-refractivity contribution in [3.8, 4) is 0 Å². The van der Waals surface area contributed by atoms with Gasteiger partial charge >= 0.3 is 0 Å². The Kier molecular flexibility index (Phi) is 4.86. The molecule has 24 heavy (non-hydrogen) atoms. The van der Waals surface area contributed by atoms with Crippen molar-refractivity contribution in [2.75, 3.05) is 24.2 Å². The average Bonchev–Trinajstić information content (AvgIpc) is 2.61. The zero-order valence-corrected chi connectivity index (χ0v) is 14.4. The highest BCUT2D eigenvalue weighted by Gasteiger charge is 2.29. The summed E-state index contributed by atoms with van der Waals surface area (Å²) in [4.78, 5) is 17.0. The minimum absolute atomic E-state index is 0.139. The van der Waals surface area contributed by atoms with Crippen LogP contribution < -0.4 is 10.6 Å². The molecule has 0 bridgehead atoms. The van der Waals surface area contributed by atoms with E-state index in [4.69, 9.17) is 5.73 Å². The molecule has 1 aliphatic heterocycles. The predicted molar refractivity (Wildman–Crippen MR) is 98.9 cm³/mol. The van der Waals surface area contributed by atoms with E-state index in [0.717, 1.165) is 42.9 Å². The number of hydrogen-bond acceptors (Lipinski definition) is 3. The topological polar surface area (TPSA) is 49.6 Å². The fourth-order valence-electron chi connectivity index (χ4n) is 3.30. The summed E-state index contributed by atoms with van der Waals surface area (Å²) >= 11 is 0. The SMILES string of the molecule is CC(C(=O)N1CCCc2c(N)cccc21)N(C)Cc1ccccc1. The number of carbonyl (C=O) groups excluding carboxylic acids is 1. The van der Waals surface area contributed by atoms with Crippen molar-refractivity contribution in [1.82, 2.24) is 4.90 Å². The fourth-order valence-corrected chi connectivity index (χ4v) is 3.30. The Hall–Kier alpha value is -2.33. The summed E-state index contributed by atoms with van der Waals surface area (Å²) in [6.45, 7) is 3.50. The Balaban J connectivity index is 1.76. The van der Waals surface area contributed by atoms with Gasteiger partial charge in [0.25, 0.3) is 0 Å². The van der Waals surface area contributed by atoms with Crippen LogP contribution in [-0.4, -0.2) is 30.4 Å². The third-order valence-corrected chi connectivity index (χ3v) is 4.85. The van der Waals surface area contributed by atoms with E-state index in [1.807, 2.05) is 55.3 Å². The maximum atomic E-state index is 13.0. The standard InChI is InChI=1S/C20H25N3O/c1-15(22(2)14-16-8-4-3-5-9-16)20(24)23-13-7-10-17-18(21)11-6-12-19(17)23/h3-6,8-9,11-12,15H,7,10,13-14,21H2,1-2H3. The number of anilines is 2. The molecule has 1 atom stereocenters. The van der Waals surface area contributed by atoms with Crippen LogP contribution in [0.4, 0.5) is 11.4 Å². The van der Waals surface area contributed by atoms with Gasteiger partial charge in [0.1, 0.15) is 0 Å². The molecular formula is C20H25N3O. The van der Waals surface area contributed by atoms with Gasteiger partial charge in [-0.1, -0.05) is 36.4 Å². The van der Waals surface area contributed by atoms with Crippen molar-refractivity contribution in [1.29, 1.82) is 0 Å². The summed E-state index contributed by atoms with van der Waals surface area (Å²) < 4.78 is 0. The van der Waals surface area contributed by atoms with Crippen LogP contribution in [0.1, 0.15) is 24.5 Å². The second-order valence-corrected chi connectivity index (χ2v) is 6.52. The van der Waals surface area contributed by atoms with Crippen molar-refractivity contribution < 1.29 is 4.79 Å². The molecule has 0 saturated carbocycles. The zero-order valence-electron chi connectivity index (χ0n) is 14.4. The van der Waals surface area contributed by atoms with Crippen molar-refractivity contribution in [2.24, 2.45) is 0 Å². The third-order valence-electron chi connectivity index (χ3n) is 4.85. The lowest BCUT2D eigenvalue weighted by atomic mass is 9.99. The van der Waals surface area contributed by atoms with Crippen LogP contribution in [0.5, 0.6) is 0 Å². The van der Waals surface area contributed by atoms with E-state index < -0.39 is 0 Å². The Morgan fingerprint density at radius 3 is 2.71 bits per heavy atom. The first-order valence-corrected chi connectivity index (χ1v) is 8.51. The smallest absolute Gasteiger partial charge is 0.244 e. The minimum atomic E-state index is -0.183. The quantitative estimate of drug-likeness (QED) is 0.880. The molecule has 2 aromatic rings. The Labute approximate surface area is 143 Å². The highest BCUT2D eigenvalue weighted by molar-refractivity contribution is 5.98. The summed E-state index contributed by atoms with van der Waals surface area (Å²) in [5.41, 5.74) is 10.2. The molecule has 0 aromatic heterocycles. The molecule has 1 heterocycles. The second-order valence-electron chi connectivity index (χ2n) is 6.52. The van der Waals surface area contributed by atoms with Gasteiger partial charge in [0.05, 0.1) is 6.04 Å². The number of amides is 1. The van der Waals surface area contributed by atoms with Gasteiger partial charge in [-0.05, 0) is 50.1 Å². The monoisotopic (exact) mass is 323 g/mol. The van der Waals surface area contributed by atoms with Crippen LogP contribution in [0.15, 0.2) is 48.5 Å². The zero-order chi connectivity index (χ0) is 17.1. The molecule has 1 aliphatic rings. The number of carbonyl (C=O) groups is 1. The largest absolute Gasteiger partial charge is 0.398 e. The van der Waals surface area contributed by atoms with Crippen LogP contribution in [0, 0.1) is 0 Å². The second kappa shape index (κ2) is 7.05. The maximum Gasteiger partial charge on any atom is 0.244 e. The summed E-state index contributed by atoms with van der Waals surface area (Å²) in [7, 11) is 2.00. The molecule has 0 radical (unpaired) electrons. The lowest BCUT2D eigenvalue weighted by Gasteiger charge is -2.34. The van der Waals surface area contributed by atoms with E-state index in [9.17, 15) is 4.79 Å². The highest BCUT2D eigenvalue weighted by Crippen LogP contribution is 2.32. The Bertz CT molecular complexity index is 714. The van der Waals surface area contributed by atoms with Gasteiger partial charge in [-0.3, -0.25) is 9.69 Å². The van der Waals surface area contributed by atoms with E-state index in [0.29, 0.717) is 0 Å². The van der Waals surface area contributed by atoms with Gasteiger partial charge in [-0.15, -0.1) is 0 Å². The first kappa shape index (κ1) is 16.5. The first-order valence-electron chi connectivity index (χ1n) is 8.51. The number of nitrogens with two attached hydrogens (primary N) is 1. The lowest BCUT2D eigenvalue weighted by molar-refractivity contribution is -0.123. The van der Waals surface area contributed by atoms with Crippen LogP contribution in [0.3, 0.4) is 0 Å². The molecule has 2 aromatic carbocycles. The van der Waals surface area contributed by atoms with Crippen LogP contribution in [0.25, 0.3) is 0 Å². The Morgan fingerprint density at radius 2 is 1.96 bits per heavy atom. The van der Waals surface area contributed by atoms with E-state index >= 15 is 0 Å². The van der Waals surface area contributed by atoms with E-state index in [1.165, 1.54) is 5.56 Å². The van der Waals surface area contributed by atoms with E-state index in [1.54, 1.807) is 0 Å². The van der Waals surface area contributed by atoms with Crippen molar-refractivity contribution in [2.45, 2.75) is 32.4 Å². The molecule has 0 spiro atoms. The maximum absolute atomic E-state index is 13.0. The van der Waals surface area contributed by atoms with Gasteiger partial charge in [0.2, 0.25) is 5.91 Å².